The number of esters is 1. The molecule has 1 heterocycles. The van der Waals surface area contributed by atoms with Crippen LogP contribution in [0.3, 0.4) is 0 Å². The Morgan fingerprint density at radius 1 is 1.47 bits per heavy atom. The van der Waals surface area contributed by atoms with E-state index in [1.54, 1.807) is 0 Å². The summed E-state index contributed by atoms with van der Waals surface area (Å²) in [6.07, 6.45) is 2.80. The van der Waals surface area contributed by atoms with Crippen molar-refractivity contribution in [2.24, 2.45) is 0 Å². The predicted octanol–water partition coefficient (Wildman–Crippen LogP) is 1.88. The second-order valence-electron chi connectivity index (χ2n) is 5.69. The molecule has 2 atom stereocenters. The molecule has 4 nitrogen and oxygen atoms in total. The molecular formula is C13H25NO3. The number of hydrogen-bond donors (Lipinski definition) is 1. The molecule has 0 bridgehead atoms. The van der Waals surface area contributed by atoms with Gasteiger partial charge in [0.05, 0.1) is 12.5 Å². The molecule has 1 saturated heterocycles. The minimum atomic E-state index is -0.385. The Morgan fingerprint density at radius 3 is 2.76 bits per heavy atom. The van der Waals surface area contributed by atoms with Crippen LogP contribution in [0.4, 0.5) is 0 Å². The maximum atomic E-state index is 11.5. The van der Waals surface area contributed by atoms with Crippen LogP contribution < -0.4 is 5.32 Å². The normalized spacial score (nSPS) is 25.6. The number of hydrogen-bond acceptors (Lipinski definition) is 4. The minimum absolute atomic E-state index is 0.134. The van der Waals surface area contributed by atoms with Gasteiger partial charge in [-0.3, -0.25) is 4.79 Å². The van der Waals surface area contributed by atoms with E-state index >= 15 is 0 Å². The van der Waals surface area contributed by atoms with Crippen molar-refractivity contribution in [3.8, 4) is 0 Å². The fraction of sp³-hybridized carbons (Fsp3) is 0.923. The molecular weight excluding hydrogens is 218 g/mol. The predicted molar refractivity (Wildman–Crippen MR) is 66.9 cm³/mol. The highest BCUT2D eigenvalue weighted by molar-refractivity contribution is 5.70. The zero-order valence-electron chi connectivity index (χ0n) is 11.4. The summed E-state index contributed by atoms with van der Waals surface area (Å²) >= 11 is 0. The topological polar surface area (TPSA) is 47.6 Å². The molecule has 1 aliphatic rings. The smallest absolute Gasteiger partial charge is 0.307 e. The van der Waals surface area contributed by atoms with Crippen LogP contribution in [0.2, 0.25) is 0 Å². The highest BCUT2D eigenvalue weighted by Gasteiger charge is 2.20. The zero-order chi connectivity index (χ0) is 12.9. The Bertz CT molecular complexity index is 248. The van der Waals surface area contributed by atoms with E-state index in [0.717, 1.165) is 19.4 Å². The largest absolute Gasteiger partial charge is 0.460 e. The first-order valence-electron chi connectivity index (χ1n) is 6.43. The van der Waals surface area contributed by atoms with E-state index in [1.807, 2.05) is 20.8 Å². The van der Waals surface area contributed by atoms with Crippen molar-refractivity contribution in [1.82, 2.24) is 5.32 Å². The minimum Gasteiger partial charge on any atom is -0.460 e. The van der Waals surface area contributed by atoms with E-state index in [4.69, 9.17) is 9.47 Å². The Labute approximate surface area is 104 Å². The molecule has 2 unspecified atom stereocenters. The van der Waals surface area contributed by atoms with Crippen LogP contribution in [0.5, 0.6) is 0 Å². The molecule has 17 heavy (non-hydrogen) atoms. The quantitative estimate of drug-likeness (QED) is 0.766. The van der Waals surface area contributed by atoms with Crippen molar-refractivity contribution in [2.45, 2.75) is 64.7 Å². The van der Waals surface area contributed by atoms with Gasteiger partial charge in [0.25, 0.3) is 0 Å². The van der Waals surface area contributed by atoms with Gasteiger partial charge in [0, 0.05) is 19.2 Å². The van der Waals surface area contributed by atoms with Crippen LogP contribution in [-0.4, -0.2) is 36.9 Å². The molecule has 100 valence electrons. The summed E-state index contributed by atoms with van der Waals surface area (Å²) in [5.41, 5.74) is -0.385. The van der Waals surface area contributed by atoms with Gasteiger partial charge in [0.2, 0.25) is 0 Å². The molecule has 4 heteroatoms. The summed E-state index contributed by atoms with van der Waals surface area (Å²) in [5.74, 6) is -0.134. The standard InChI is InChI=1S/C13H25NO3/c1-10-9-11(6-8-16-10)14-7-5-12(15)17-13(2,3)4/h10-11,14H,5-9H2,1-4H3. The van der Waals surface area contributed by atoms with Crippen molar-refractivity contribution in [3.63, 3.8) is 0 Å². The Morgan fingerprint density at radius 2 is 2.18 bits per heavy atom. The summed E-state index contributed by atoms with van der Waals surface area (Å²) in [5, 5.41) is 3.39. The molecule has 0 aromatic rings. The fourth-order valence-corrected chi connectivity index (χ4v) is 1.95. The molecule has 0 radical (unpaired) electrons. The van der Waals surface area contributed by atoms with Crippen molar-refractivity contribution >= 4 is 5.97 Å². The first kappa shape index (κ1) is 14.5. The number of ether oxygens (including phenoxy) is 2. The maximum absolute atomic E-state index is 11.5. The van der Waals surface area contributed by atoms with E-state index in [2.05, 4.69) is 12.2 Å². The lowest BCUT2D eigenvalue weighted by Crippen LogP contribution is -2.39. The summed E-state index contributed by atoms with van der Waals surface area (Å²) in [6.45, 7) is 9.24. The molecule has 1 fully saturated rings. The van der Waals surface area contributed by atoms with E-state index in [9.17, 15) is 4.79 Å². The lowest BCUT2D eigenvalue weighted by molar-refractivity contribution is -0.154. The lowest BCUT2D eigenvalue weighted by Gasteiger charge is -2.28. The average molecular weight is 243 g/mol. The Hall–Kier alpha value is -0.610. The van der Waals surface area contributed by atoms with Gasteiger partial charge in [-0.05, 0) is 40.5 Å². The number of rotatable bonds is 4. The molecule has 0 aromatic carbocycles. The summed E-state index contributed by atoms with van der Waals surface area (Å²) < 4.78 is 10.7. The van der Waals surface area contributed by atoms with Crippen LogP contribution in [-0.2, 0) is 14.3 Å². The van der Waals surface area contributed by atoms with Gasteiger partial charge in [-0.2, -0.15) is 0 Å². The van der Waals surface area contributed by atoms with Gasteiger partial charge in [0.1, 0.15) is 5.60 Å². The van der Waals surface area contributed by atoms with E-state index in [0.29, 0.717) is 25.1 Å². The molecule has 1 aliphatic heterocycles. The van der Waals surface area contributed by atoms with Crippen LogP contribution in [0, 0.1) is 0 Å². The number of carbonyl (C=O) groups is 1. The van der Waals surface area contributed by atoms with Gasteiger partial charge < -0.3 is 14.8 Å². The second-order valence-corrected chi connectivity index (χ2v) is 5.69. The third-order valence-electron chi connectivity index (χ3n) is 2.67. The molecule has 1 rings (SSSR count). The maximum Gasteiger partial charge on any atom is 0.307 e. The van der Waals surface area contributed by atoms with Gasteiger partial charge >= 0.3 is 5.97 Å². The SMILES string of the molecule is CC1CC(NCCC(=O)OC(C)(C)C)CCO1. The highest BCUT2D eigenvalue weighted by Crippen LogP contribution is 2.13. The fourth-order valence-electron chi connectivity index (χ4n) is 1.95. The lowest BCUT2D eigenvalue weighted by atomic mass is 10.0. The number of carbonyl (C=O) groups excluding carboxylic acids is 1. The molecule has 0 aliphatic carbocycles. The van der Waals surface area contributed by atoms with Crippen molar-refractivity contribution in [1.29, 1.82) is 0 Å². The third kappa shape index (κ3) is 6.64. The monoisotopic (exact) mass is 243 g/mol. The van der Waals surface area contributed by atoms with Gasteiger partial charge in [0.15, 0.2) is 0 Å². The van der Waals surface area contributed by atoms with Crippen LogP contribution >= 0.6 is 0 Å². The summed E-state index contributed by atoms with van der Waals surface area (Å²) in [6, 6.07) is 0.473. The first-order chi connectivity index (χ1) is 7.87. The van der Waals surface area contributed by atoms with Gasteiger partial charge in [-0.15, -0.1) is 0 Å². The van der Waals surface area contributed by atoms with E-state index < -0.39 is 0 Å². The Kier molecular flexibility index (Phi) is 5.40. The third-order valence-corrected chi connectivity index (χ3v) is 2.67. The van der Waals surface area contributed by atoms with Crippen LogP contribution in [0.1, 0.15) is 47.0 Å². The van der Waals surface area contributed by atoms with E-state index in [-0.39, 0.29) is 11.6 Å². The van der Waals surface area contributed by atoms with Crippen molar-refractivity contribution in [3.05, 3.63) is 0 Å². The van der Waals surface area contributed by atoms with Crippen LogP contribution in [0.15, 0.2) is 0 Å². The zero-order valence-corrected chi connectivity index (χ0v) is 11.4. The van der Waals surface area contributed by atoms with Gasteiger partial charge in [-0.25, -0.2) is 0 Å². The van der Waals surface area contributed by atoms with E-state index in [1.165, 1.54) is 0 Å². The van der Waals surface area contributed by atoms with Crippen LogP contribution in [0.25, 0.3) is 0 Å². The first-order valence-corrected chi connectivity index (χ1v) is 6.43. The second kappa shape index (κ2) is 6.36. The molecule has 0 saturated carbocycles. The number of nitrogens with one attached hydrogen (secondary N) is 1. The molecule has 0 aromatic heterocycles. The molecule has 0 spiro atoms. The Balaban J connectivity index is 2.13. The highest BCUT2D eigenvalue weighted by atomic mass is 16.6. The molecule has 0 amide bonds. The van der Waals surface area contributed by atoms with Crippen molar-refractivity contribution < 1.29 is 14.3 Å². The molecule has 1 N–H and O–H groups in total. The summed E-state index contributed by atoms with van der Waals surface area (Å²) in [4.78, 5) is 11.5. The average Bonchev–Trinajstić information content (AvgIpc) is 2.14. The van der Waals surface area contributed by atoms with Gasteiger partial charge in [-0.1, -0.05) is 0 Å². The van der Waals surface area contributed by atoms with Crippen molar-refractivity contribution in [2.75, 3.05) is 13.2 Å². The summed E-state index contributed by atoms with van der Waals surface area (Å²) in [7, 11) is 0.